The summed E-state index contributed by atoms with van der Waals surface area (Å²) >= 11 is 1.61. The van der Waals surface area contributed by atoms with Crippen molar-refractivity contribution in [3.05, 3.63) is 0 Å². The molecule has 0 aromatic carbocycles. The molecular weight excluding hydrogens is 156 g/mol. The third-order valence-corrected chi connectivity index (χ3v) is 1.62. The molecule has 1 nitrogen and oxygen atoms in total. The van der Waals surface area contributed by atoms with Crippen molar-refractivity contribution in [3.8, 4) is 11.4 Å². The van der Waals surface area contributed by atoms with E-state index in [1.165, 1.54) is 0 Å². The van der Waals surface area contributed by atoms with Crippen LogP contribution in [-0.2, 0) is 4.74 Å². The highest BCUT2D eigenvalue weighted by Gasteiger charge is 2.07. The van der Waals surface area contributed by atoms with Crippen LogP contribution < -0.4 is 0 Å². The minimum absolute atomic E-state index is 0.139. The number of hydrogen-bond donors (Lipinski definition) is 0. The van der Waals surface area contributed by atoms with Crippen LogP contribution in [0.4, 0.5) is 0 Å². The summed E-state index contributed by atoms with van der Waals surface area (Å²) in [5, 5.41) is 2.89. The summed E-state index contributed by atoms with van der Waals surface area (Å²) in [4.78, 5) is 0. The normalized spacial score (nSPS) is 10.2. The minimum Gasteiger partial charge on any atom is -0.440 e. The second-order valence-corrected chi connectivity index (χ2v) is 4.17. The van der Waals surface area contributed by atoms with Gasteiger partial charge in [0, 0.05) is 11.0 Å². The van der Waals surface area contributed by atoms with Crippen LogP contribution in [-0.4, -0.2) is 11.4 Å². The van der Waals surface area contributed by atoms with Crippen LogP contribution in [0.25, 0.3) is 0 Å². The van der Waals surface area contributed by atoms with Crippen molar-refractivity contribution in [2.24, 2.45) is 0 Å². The molecule has 0 atom stereocenters. The molecule has 0 spiro atoms. The lowest BCUT2D eigenvalue weighted by Gasteiger charge is -2.14. The van der Waals surface area contributed by atoms with Gasteiger partial charge in [0.1, 0.15) is 11.7 Å². The van der Waals surface area contributed by atoms with E-state index in [1.54, 1.807) is 11.8 Å². The molecule has 0 aliphatic carbocycles. The lowest BCUT2D eigenvalue weighted by molar-refractivity contribution is 0.0965. The Kier molecular flexibility index (Phi) is 5.23. The van der Waals surface area contributed by atoms with E-state index in [-0.39, 0.29) is 5.60 Å². The maximum atomic E-state index is 5.19. The fourth-order valence-corrected chi connectivity index (χ4v) is 0.763. The Morgan fingerprint density at radius 2 is 2.00 bits per heavy atom. The van der Waals surface area contributed by atoms with E-state index in [0.717, 1.165) is 12.2 Å². The maximum Gasteiger partial charge on any atom is 0.123 e. The second-order valence-electron chi connectivity index (χ2n) is 3.27. The summed E-state index contributed by atoms with van der Waals surface area (Å²) in [5.74, 6) is 1.08. The molecule has 11 heavy (non-hydrogen) atoms. The Labute approximate surface area is 73.9 Å². The summed E-state index contributed by atoms with van der Waals surface area (Å²) in [6.45, 7) is 8.11. The lowest BCUT2D eigenvalue weighted by Crippen LogP contribution is -2.15. The smallest absolute Gasteiger partial charge is 0.123 e. The molecule has 0 N–H and O–H groups in total. The number of rotatable bonds is 2. The molecule has 0 aliphatic rings. The number of hydrogen-bond acceptors (Lipinski definition) is 2. The molecule has 0 bridgehead atoms. The van der Waals surface area contributed by atoms with Crippen molar-refractivity contribution in [2.45, 2.75) is 39.7 Å². The van der Waals surface area contributed by atoms with Crippen LogP contribution in [0.3, 0.4) is 0 Å². The van der Waals surface area contributed by atoms with E-state index in [4.69, 9.17) is 4.74 Å². The zero-order chi connectivity index (χ0) is 8.74. The highest BCUT2D eigenvalue weighted by Crippen LogP contribution is 2.05. The van der Waals surface area contributed by atoms with E-state index in [9.17, 15) is 0 Å². The van der Waals surface area contributed by atoms with Crippen LogP contribution in [0.5, 0.6) is 0 Å². The highest BCUT2D eigenvalue weighted by atomic mass is 32.2. The fraction of sp³-hybridized carbons (Fsp3) is 0.778. The SMILES string of the molecule is CCCSC#COC(C)(C)C. The summed E-state index contributed by atoms with van der Waals surface area (Å²) in [6, 6.07) is 0. The molecule has 0 rings (SSSR count). The van der Waals surface area contributed by atoms with Gasteiger partial charge >= 0.3 is 0 Å². The van der Waals surface area contributed by atoms with E-state index in [1.807, 2.05) is 20.8 Å². The predicted molar refractivity (Wildman–Crippen MR) is 51.4 cm³/mol. The van der Waals surface area contributed by atoms with Crippen molar-refractivity contribution in [1.82, 2.24) is 0 Å². The summed E-state index contributed by atoms with van der Waals surface area (Å²) in [5.41, 5.74) is -0.139. The van der Waals surface area contributed by atoms with Crippen molar-refractivity contribution in [1.29, 1.82) is 0 Å². The summed E-state index contributed by atoms with van der Waals surface area (Å²) in [6.07, 6.45) is 3.83. The lowest BCUT2D eigenvalue weighted by atomic mass is 10.2. The molecule has 0 fully saturated rings. The van der Waals surface area contributed by atoms with Crippen LogP contribution in [0.1, 0.15) is 34.1 Å². The minimum atomic E-state index is -0.139. The zero-order valence-corrected chi connectivity index (χ0v) is 8.55. The monoisotopic (exact) mass is 172 g/mol. The van der Waals surface area contributed by atoms with Gasteiger partial charge < -0.3 is 4.74 Å². The average Bonchev–Trinajstić information content (AvgIpc) is 1.85. The van der Waals surface area contributed by atoms with E-state index in [2.05, 4.69) is 18.3 Å². The Bertz CT molecular complexity index is 147. The van der Waals surface area contributed by atoms with Gasteiger partial charge in [-0.3, -0.25) is 0 Å². The Hall–Kier alpha value is -0.290. The predicted octanol–water partition coefficient (Wildman–Crippen LogP) is 2.86. The van der Waals surface area contributed by atoms with Crippen molar-refractivity contribution >= 4 is 11.8 Å². The first-order valence-electron chi connectivity index (χ1n) is 3.86. The molecule has 0 aromatic rings. The number of thioether (sulfide) groups is 1. The maximum absolute atomic E-state index is 5.19. The van der Waals surface area contributed by atoms with Gasteiger partial charge in [0.2, 0.25) is 0 Å². The average molecular weight is 172 g/mol. The van der Waals surface area contributed by atoms with E-state index in [0.29, 0.717) is 0 Å². The van der Waals surface area contributed by atoms with Crippen LogP contribution in [0.2, 0.25) is 0 Å². The zero-order valence-electron chi connectivity index (χ0n) is 7.73. The third-order valence-electron chi connectivity index (χ3n) is 0.777. The summed E-state index contributed by atoms with van der Waals surface area (Å²) in [7, 11) is 0. The first-order chi connectivity index (χ1) is 5.06. The first-order valence-corrected chi connectivity index (χ1v) is 4.84. The molecule has 0 radical (unpaired) electrons. The van der Waals surface area contributed by atoms with Crippen LogP contribution in [0, 0.1) is 11.4 Å². The number of ether oxygens (including phenoxy) is 1. The summed E-state index contributed by atoms with van der Waals surface area (Å²) < 4.78 is 5.19. The van der Waals surface area contributed by atoms with Gasteiger partial charge in [-0.05, 0) is 27.2 Å². The molecular formula is C9H16OS. The van der Waals surface area contributed by atoms with Gasteiger partial charge in [-0.15, -0.1) is 0 Å². The fourth-order valence-electron chi connectivity index (χ4n) is 0.356. The van der Waals surface area contributed by atoms with Gasteiger partial charge in [-0.25, -0.2) is 0 Å². The van der Waals surface area contributed by atoms with Gasteiger partial charge in [-0.1, -0.05) is 18.7 Å². The van der Waals surface area contributed by atoms with E-state index >= 15 is 0 Å². The molecule has 0 aliphatic heterocycles. The Morgan fingerprint density at radius 3 is 2.45 bits per heavy atom. The second kappa shape index (κ2) is 5.37. The van der Waals surface area contributed by atoms with Crippen molar-refractivity contribution in [3.63, 3.8) is 0 Å². The van der Waals surface area contributed by atoms with Gasteiger partial charge in [0.15, 0.2) is 0 Å². The van der Waals surface area contributed by atoms with Crippen molar-refractivity contribution < 1.29 is 4.74 Å². The first kappa shape index (κ1) is 10.7. The third kappa shape index (κ3) is 9.71. The Morgan fingerprint density at radius 1 is 1.36 bits per heavy atom. The molecule has 64 valence electrons. The molecule has 2 heteroatoms. The molecule has 0 unspecified atom stereocenters. The van der Waals surface area contributed by atoms with E-state index < -0.39 is 0 Å². The van der Waals surface area contributed by atoms with Crippen LogP contribution in [0.15, 0.2) is 0 Å². The molecule has 0 amide bonds. The highest BCUT2D eigenvalue weighted by molar-refractivity contribution is 8.03. The topological polar surface area (TPSA) is 9.23 Å². The van der Waals surface area contributed by atoms with Crippen LogP contribution >= 0.6 is 11.8 Å². The molecule has 0 saturated heterocycles. The Balaban J connectivity index is 3.41. The largest absolute Gasteiger partial charge is 0.440 e. The quantitative estimate of drug-likeness (QED) is 0.468. The van der Waals surface area contributed by atoms with Gasteiger partial charge in [0.05, 0.1) is 0 Å². The van der Waals surface area contributed by atoms with Crippen molar-refractivity contribution in [2.75, 3.05) is 5.75 Å². The van der Waals surface area contributed by atoms with Gasteiger partial charge in [-0.2, -0.15) is 0 Å². The molecule has 0 heterocycles. The molecule has 0 aromatic heterocycles. The van der Waals surface area contributed by atoms with Gasteiger partial charge in [0.25, 0.3) is 0 Å². The molecule has 0 saturated carbocycles. The standard InChI is InChI=1S/C9H16OS/c1-5-7-11-8-6-10-9(2,3)4/h5,7H2,1-4H3.